The number of hydrogen-bond donors (Lipinski definition) is 0. The zero-order valence-corrected chi connectivity index (χ0v) is 14.8. The number of hydrogen-bond acceptors (Lipinski definition) is 4. The Morgan fingerprint density at radius 1 is 1.19 bits per heavy atom. The van der Waals surface area contributed by atoms with Crippen molar-refractivity contribution in [3.63, 3.8) is 0 Å². The summed E-state index contributed by atoms with van der Waals surface area (Å²) < 4.78 is 32.3. The van der Waals surface area contributed by atoms with Crippen LogP contribution >= 0.6 is 0 Å². The van der Waals surface area contributed by atoms with E-state index < -0.39 is 35.1 Å². The van der Waals surface area contributed by atoms with Crippen molar-refractivity contribution in [1.82, 2.24) is 0 Å². The number of ketones is 1. The van der Waals surface area contributed by atoms with Crippen LogP contribution in [0.4, 0.5) is 20.2 Å². The summed E-state index contributed by atoms with van der Waals surface area (Å²) in [6.07, 6.45) is 0. The van der Waals surface area contributed by atoms with E-state index in [0.717, 1.165) is 17.0 Å². The van der Waals surface area contributed by atoms with E-state index in [1.54, 1.807) is 18.2 Å². The first-order chi connectivity index (χ1) is 12.8. The molecular formula is C19H16F2N2O4. The van der Waals surface area contributed by atoms with Gasteiger partial charge in [-0.2, -0.15) is 0 Å². The van der Waals surface area contributed by atoms with Crippen LogP contribution in [-0.2, 0) is 9.59 Å². The molecule has 6 nitrogen and oxygen atoms in total. The van der Waals surface area contributed by atoms with Crippen LogP contribution in [0.2, 0.25) is 0 Å². The lowest BCUT2D eigenvalue weighted by Crippen LogP contribution is -2.50. The minimum absolute atomic E-state index is 0.105. The van der Waals surface area contributed by atoms with Gasteiger partial charge >= 0.3 is 0 Å². The monoisotopic (exact) mass is 374 g/mol. The molecule has 0 fully saturated rings. The van der Waals surface area contributed by atoms with Gasteiger partial charge in [0.05, 0.1) is 24.0 Å². The molecule has 3 rings (SSSR count). The second-order valence-corrected chi connectivity index (χ2v) is 6.04. The summed E-state index contributed by atoms with van der Waals surface area (Å²) in [5.41, 5.74) is 0.188. The number of carbonyl (C=O) groups excluding carboxylic acids is 3. The van der Waals surface area contributed by atoms with Gasteiger partial charge in [0.2, 0.25) is 11.8 Å². The molecule has 140 valence electrons. The van der Waals surface area contributed by atoms with Crippen molar-refractivity contribution in [1.29, 1.82) is 0 Å². The minimum Gasteiger partial charge on any atom is -0.496 e. The van der Waals surface area contributed by atoms with Gasteiger partial charge < -0.3 is 14.5 Å². The normalized spacial score (nSPS) is 16.2. The third-order valence-corrected chi connectivity index (χ3v) is 4.52. The third kappa shape index (κ3) is 2.92. The molecule has 0 aliphatic carbocycles. The first-order valence-electron chi connectivity index (χ1n) is 7.99. The molecule has 1 aliphatic rings. The molecular weight excluding hydrogens is 358 g/mol. The van der Waals surface area contributed by atoms with Crippen LogP contribution in [0.3, 0.4) is 0 Å². The lowest BCUT2D eigenvalue weighted by Gasteiger charge is -2.32. The molecule has 0 spiro atoms. The maximum Gasteiger partial charge on any atom is 0.247 e. The Bertz CT molecular complexity index is 961. The number of fused-ring (bicyclic) bond motifs is 1. The molecule has 8 heteroatoms. The van der Waals surface area contributed by atoms with E-state index in [-0.39, 0.29) is 17.0 Å². The van der Waals surface area contributed by atoms with Crippen molar-refractivity contribution in [3.05, 3.63) is 53.6 Å². The Morgan fingerprint density at radius 3 is 2.52 bits per heavy atom. The van der Waals surface area contributed by atoms with Crippen molar-refractivity contribution in [2.24, 2.45) is 5.92 Å². The van der Waals surface area contributed by atoms with Gasteiger partial charge in [-0.15, -0.1) is 0 Å². The fraction of sp³-hybridized carbons (Fsp3) is 0.211. The van der Waals surface area contributed by atoms with Crippen LogP contribution in [0.1, 0.15) is 10.4 Å². The number of nitrogens with zero attached hydrogens (tertiary/aromatic N) is 2. The fourth-order valence-electron chi connectivity index (χ4n) is 3.07. The Labute approximate surface area is 153 Å². The molecule has 1 aliphatic heterocycles. The molecule has 0 saturated carbocycles. The highest BCUT2D eigenvalue weighted by Gasteiger charge is 2.45. The zero-order valence-electron chi connectivity index (χ0n) is 14.8. The van der Waals surface area contributed by atoms with Crippen LogP contribution in [-0.4, -0.2) is 38.8 Å². The molecule has 0 aromatic heterocycles. The number of ether oxygens (including phenoxy) is 1. The standard InChI is InChI=1S/C19H16F2N2O4/c1-22(12-8-7-10(20)9-11(12)21)18(25)16-17(24)15-13(23(2)19(16)26)5-4-6-14(15)27-3/h4-9,16H,1-3H3. The van der Waals surface area contributed by atoms with Gasteiger partial charge in [-0.1, -0.05) is 6.07 Å². The second kappa shape index (κ2) is 6.79. The predicted molar refractivity (Wildman–Crippen MR) is 94.0 cm³/mol. The largest absolute Gasteiger partial charge is 0.496 e. The number of methoxy groups -OCH3 is 1. The highest BCUT2D eigenvalue weighted by atomic mass is 19.1. The van der Waals surface area contributed by atoms with E-state index in [2.05, 4.69) is 0 Å². The van der Waals surface area contributed by atoms with Crippen molar-refractivity contribution in [3.8, 4) is 5.75 Å². The number of benzene rings is 2. The van der Waals surface area contributed by atoms with Crippen LogP contribution < -0.4 is 14.5 Å². The van der Waals surface area contributed by atoms with Gasteiger partial charge in [-0.3, -0.25) is 14.4 Å². The van der Waals surface area contributed by atoms with Crippen molar-refractivity contribution >= 4 is 29.0 Å². The Hall–Kier alpha value is -3.29. The fourth-order valence-corrected chi connectivity index (χ4v) is 3.07. The average Bonchev–Trinajstić information content (AvgIpc) is 2.65. The second-order valence-electron chi connectivity index (χ2n) is 6.04. The Balaban J connectivity index is 2.04. The van der Waals surface area contributed by atoms with E-state index in [0.29, 0.717) is 11.8 Å². The molecule has 2 aromatic carbocycles. The smallest absolute Gasteiger partial charge is 0.247 e. The highest BCUT2D eigenvalue weighted by Crippen LogP contribution is 2.37. The number of Topliss-reactive ketones (excluding diaryl/α,β-unsaturated/α-hetero) is 1. The molecule has 1 atom stereocenters. The molecule has 1 heterocycles. The van der Waals surface area contributed by atoms with Gasteiger partial charge in [-0.25, -0.2) is 8.78 Å². The molecule has 27 heavy (non-hydrogen) atoms. The first kappa shape index (κ1) is 18.5. The molecule has 0 N–H and O–H groups in total. The maximum absolute atomic E-state index is 14.0. The number of amides is 2. The van der Waals surface area contributed by atoms with Gasteiger partial charge in [0, 0.05) is 20.2 Å². The quantitative estimate of drug-likeness (QED) is 0.774. The van der Waals surface area contributed by atoms with Crippen molar-refractivity contribution in [2.45, 2.75) is 0 Å². The third-order valence-electron chi connectivity index (χ3n) is 4.52. The summed E-state index contributed by atoms with van der Waals surface area (Å²) in [5.74, 6) is -5.63. The minimum atomic E-state index is -1.69. The zero-order chi connectivity index (χ0) is 19.9. The molecule has 2 amide bonds. The summed E-state index contributed by atoms with van der Waals surface area (Å²) in [4.78, 5) is 40.5. The van der Waals surface area contributed by atoms with E-state index >= 15 is 0 Å². The predicted octanol–water partition coefficient (Wildman–Crippen LogP) is 2.41. The summed E-state index contributed by atoms with van der Waals surface area (Å²) in [5, 5.41) is 0. The van der Waals surface area contributed by atoms with Crippen LogP contribution in [0, 0.1) is 17.6 Å². The Kier molecular flexibility index (Phi) is 4.65. The number of rotatable bonds is 3. The average molecular weight is 374 g/mol. The number of halogens is 2. The van der Waals surface area contributed by atoms with E-state index in [4.69, 9.17) is 4.74 Å². The molecule has 0 radical (unpaired) electrons. The van der Waals surface area contributed by atoms with E-state index in [9.17, 15) is 23.2 Å². The summed E-state index contributed by atoms with van der Waals surface area (Å²) in [7, 11) is 4.03. The summed E-state index contributed by atoms with van der Waals surface area (Å²) in [6, 6.07) is 7.41. The van der Waals surface area contributed by atoms with E-state index in [1.165, 1.54) is 26.1 Å². The van der Waals surface area contributed by atoms with Crippen LogP contribution in [0.25, 0.3) is 0 Å². The molecule has 2 aromatic rings. The lowest BCUT2D eigenvalue weighted by atomic mass is 9.88. The van der Waals surface area contributed by atoms with Gasteiger partial charge in [0.15, 0.2) is 11.7 Å². The van der Waals surface area contributed by atoms with Gasteiger partial charge in [0.25, 0.3) is 0 Å². The van der Waals surface area contributed by atoms with Crippen LogP contribution in [0.15, 0.2) is 36.4 Å². The van der Waals surface area contributed by atoms with Crippen LogP contribution in [0.5, 0.6) is 5.75 Å². The molecule has 0 saturated heterocycles. The SMILES string of the molecule is COc1cccc2c1C(=O)C(C(=O)N(C)c1ccc(F)cc1F)C(=O)N2C. The maximum atomic E-state index is 14.0. The van der Waals surface area contributed by atoms with E-state index in [1.807, 2.05) is 0 Å². The molecule has 1 unspecified atom stereocenters. The highest BCUT2D eigenvalue weighted by molar-refractivity contribution is 6.33. The van der Waals surface area contributed by atoms with Crippen molar-refractivity contribution < 1.29 is 27.9 Å². The summed E-state index contributed by atoms with van der Waals surface area (Å²) >= 11 is 0. The topological polar surface area (TPSA) is 66.9 Å². The number of carbonyl (C=O) groups is 3. The number of anilines is 2. The lowest BCUT2D eigenvalue weighted by molar-refractivity contribution is -0.130. The first-order valence-corrected chi connectivity index (χ1v) is 7.99. The summed E-state index contributed by atoms with van der Waals surface area (Å²) in [6.45, 7) is 0. The van der Waals surface area contributed by atoms with Crippen molar-refractivity contribution in [2.75, 3.05) is 31.0 Å². The van der Waals surface area contributed by atoms with Gasteiger partial charge in [0.1, 0.15) is 17.4 Å². The van der Waals surface area contributed by atoms with Gasteiger partial charge in [-0.05, 0) is 24.3 Å². The Morgan fingerprint density at radius 2 is 1.89 bits per heavy atom. The molecule has 0 bridgehead atoms.